The molecule has 0 heterocycles. The molecule has 0 spiro atoms. The highest BCUT2D eigenvalue weighted by molar-refractivity contribution is 5.53. The Hall–Kier alpha value is -1.80. The van der Waals surface area contributed by atoms with Crippen LogP contribution in [0.2, 0.25) is 0 Å². The minimum Gasteiger partial charge on any atom is -0.450 e. The molecule has 0 atom stereocenters. The van der Waals surface area contributed by atoms with Crippen LogP contribution >= 0.6 is 0 Å². The third-order valence-corrected chi connectivity index (χ3v) is 0.192. The van der Waals surface area contributed by atoms with Gasteiger partial charge in [0.15, 0.2) is 0 Å². The molecule has 0 aromatic heterocycles. The van der Waals surface area contributed by atoms with Gasteiger partial charge in [-0.3, -0.25) is 5.26 Å². The zero-order valence-electron chi connectivity index (χ0n) is 6.45. The second-order valence-corrected chi connectivity index (χ2v) is 1.15. The predicted octanol–water partition coefficient (Wildman–Crippen LogP) is 1.11. The van der Waals surface area contributed by atoms with Gasteiger partial charge in [-0.15, -0.1) is 6.58 Å². The van der Waals surface area contributed by atoms with E-state index in [2.05, 4.69) is 11.5 Å². The Morgan fingerprint density at radius 2 is 1.38 bits per heavy atom. The molecule has 0 unspecified atom stereocenters. The summed E-state index contributed by atoms with van der Waals surface area (Å²) in [6, 6.07) is 0. The van der Waals surface area contributed by atoms with Crippen LogP contribution in [0.25, 0.3) is 0 Å². The van der Waals surface area contributed by atoms with Crippen molar-refractivity contribution in [3.63, 3.8) is 0 Å². The Morgan fingerprint density at radius 3 is 1.38 bits per heavy atom. The van der Waals surface area contributed by atoms with E-state index >= 15 is 0 Å². The van der Waals surface area contributed by atoms with Gasteiger partial charge < -0.3 is 20.4 Å². The van der Waals surface area contributed by atoms with Gasteiger partial charge in [0.25, 0.3) is 0 Å². The fourth-order valence-electron chi connectivity index (χ4n) is 0.0527. The Kier molecular flexibility index (Phi) is 22.2. The van der Waals surface area contributed by atoms with E-state index in [0.29, 0.717) is 0 Å². The maximum absolute atomic E-state index is 8.56. The Morgan fingerprint density at radius 1 is 1.15 bits per heavy atom. The van der Waals surface area contributed by atoms with Crippen molar-refractivity contribution in [3.05, 3.63) is 12.7 Å². The van der Waals surface area contributed by atoms with Gasteiger partial charge in [-0.2, -0.15) is 0 Å². The van der Waals surface area contributed by atoms with Crippen LogP contribution in [0.4, 0.5) is 9.59 Å². The monoisotopic (exact) mass is 198 g/mol. The fourth-order valence-corrected chi connectivity index (χ4v) is 0.0527. The first-order valence-electron chi connectivity index (χ1n) is 2.59. The van der Waals surface area contributed by atoms with E-state index < -0.39 is 12.3 Å². The molecule has 0 aromatic carbocycles. The first kappa shape index (κ1) is 17.3. The number of carboxylic acid groups (broad SMARTS) is 4. The Bertz CT molecular complexity index is 121. The summed E-state index contributed by atoms with van der Waals surface area (Å²) in [5, 5.41) is 35.4. The minimum absolute atomic E-state index is 0.208. The van der Waals surface area contributed by atoms with Crippen LogP contribution in [0.3, 0.4) is 0 Å². The molecular weight excluding hydrogens is 188 g/mol. The fraction of sp³-hybridized carbons (Fsp3) is 0.200. The molecule has 0 fully saturated rings. The first-order valence-corrected chi connectivity index (χ1v) is 2.59. The molecule has 8 nitrogen and oxygen atoms in total. The van der Waals surface area contributed by atoms with Gasteiger partial charge in [0, 0.05) is 0 Å². The largest absolute Gasteiger partial charge is 0.503 e. The quantitative estimate of drug-likeness (QED) is 0.252. The normalized spacial score (nSPS) is 6.54. The molecule has 0 saturated heterocycles. The van der Waals surface area contributed by atoms with E-state index in [1.807, 2.05) is 0 Å². The van der Waals surface area contributed by atoms with Gasteiger partial charge in [-0.05, 0) is 0 Å². The predicted molar refractivity (Wildman–Crippen MR) is 40.1 cm³/mol. The molecule has 8 heteroatoms. The highest BCUT2D eigenvalue weighted by Crippen LogP contribution is 1.60. The average Bonchev–Trinajstić information content (AvgIpc) is 1.86. The highest BCUT2D eigenvalue weighted by atomic mass is 17.1. The summed E-state index contributed by atoms with van der Waals surface area (Å²) >= 11 is 0. The van der Waals surface area contributed by atoms with Crippen molar-refractivity contribution >= 4 is 12.3 Å². The van der Waals surface area contributed by atoms with E-state index in [1.54, 1.807) is 0 Å². The van der Waals surface area contributed by atoms with Crippen LogP contribution in [0, 0.1) is 0 Å². The van der Waals surface area contributed by atoms with Gasteiger partial charge in [-0.1, -0.05) is 6.08 Å². The van der Waals surface area contributed by atoms with Crippen molar-refractivity contribution in [2.75, 3.05) is 6.61 Å². The van der Waals surface area contributed by atoms with Gasteiger partial charge in [0.1, 0.15) is 0 Å². The summed E-state index contributed by atoms with van der Waals surface area (Å²) in [4.78, 5) is 20.7. The van der Waals surface area contributed by atoms with E-state index in [1.165, 1.54) is 6.08 Å². The second-order valence-electron chi connectivity index (χ2n) is 1.15. The van der Waals surface area contributed by atoms with Gasteiger partial charge >= 0.3 is 12.3 Å². The zero-order chi connectivity index (χ0) is 11.3. The van der Waals surface area contributed by atoms with E-state index in [0.717, 1.165) is 0 Å². The average molecular weight is 198 g/mol. The number of carbonyl (C=O) groups is 2. The van der Waals surface area contributed by atoms with E-state index in [9.17, 15) is 0 Å². The number of hydrogen-bond acceptors (Lipinski definition) is 4. The summed E-state index contributed by atoms with van der Waals surface area (Å²) in [5.41, 5.74) is 0. The SMILES string of the molecule is C=CCOO.O=C(O)O.O=C(O)O. The zero-order valence-corrected chi connectivity index (χ0v) is 6.45. The summed E-state index contributed by atoms with van der Waals surface area (Å²) in [6.07, 6.45) is -2.21. The number of rotatable bonds is 2. The van der Waals surface area contributed by atoms with Crippen molar-refractivity contribution in [1.82, 2.24) is 0 Å². The molecule has 0 aromatic rings. The van der Waals surface area contributed by atoms with E-state index in [-0.39, 0.29) is 6.61 Å². The van der Waals surface area contributed by atoms with Crippen LogP contribution in [0.1, 0.15) is 0 Å². The molecule has 13 heavy (non-hydrogen) atoms. The molecule has 0 radical (unpaired) electrons. The van der Waals surface area contributed by atoms with Gasteiger partial charge in [-0.25, -0.2) is 14.5 Å². The molecular formula is C5H10O8. The Balaban J connectivity index is -0.000000117. The molecule has 0 aliphatic heterocycles. The summed E-state index contributed by atoms with van der Waals surface area (Å²) in [5.74, 6) is 0. The van der Waals surface area contributed by atoms with Crippen molar-refractivity contribution in [3.8, 4) is 0 Å². The topological polar surface area (TPSA) is 145 Å². The lowest BCUT2D eigenvalue weighted by atomic mass is 10.7. The maximum atomic E-state index is 8.56. The second kappa shape index (κ2) is 16.7. The molecule has 0 rings (SSSR count). The lowest BCUT2D eigenvalue weighted by molar-refractivity contribution is -0.231. The lowest BCUT2D eigenvalue weighted by Gasteiger charge is -1.76. The number of hydrogen-bond donors (Lipinski definition) is 5. The smallest absolute Gasteiger partial charge is 0.450 e. The summed E-state index contributed by atoms with van der Waals surface area (Å²) < 4.78 is 0. The van der Waals surface area contributed by atoms with Crippen LogP contribution in [-0.4, -0.2) is 44.6 Å². The minimum atomic E-state index is -1.83. The third kappa shape index (κ3) is 17100. The molecule has 0 bridgehead atoms. The first-order chi connectivity index (χ1) is 5.88. The van der Waals surface area contributed by atoms with Crippen LogP contribution in [0.5, 0.6) is 0 Å². The van der Waals surface area contributed by atoms with Crippen LogP contribution in [-0.2, 0) is 4.89 Å². The molecule has 0 amide bonds. The maximum Gasteiger partial charge on any atom is 0.503 e. The molecule has 0 saturated carbocycles. The molecule has 5 N–H and O–H groups in total. The van der Waals surface area contributed by atoms with Crippen molar-refractivity contribution in [1.29, 1.82) is 0 Å². The molecule has 0 aliphatic carbocycles. The highest BCUT2D eigenvalue weighted by Gasteiger charge is 1.70. The lowest BCUT2D eigenvalue weighted by Crippen LogP contribution is -1.81. The van der Waals surface area contributed by atoms with Gasteiger partial charge in [0.05, 0.1) is 6.61 Å². The van der Waals surface area contributed by atoms with Crippen LogP contribution < -0.4 is 0 Å². The molecule has 0 aliphatic rings. The van der Waals surface area contributed by atoms with Crippen molar-refractivity contribution in [2.45, 2.75) is 0 Å². The molecule has 78 valence electrons. The summed E-state index contributed by atoms with van der Waals surface area (Å²) in [7, 11) is 0. The standard InChI is InChI=1S/C3H6O2.2CH2O3/c1-2-3-5-4;2*2-1(3)4/h2,4H,1,3H2;2*(H2,2,3,4). The summed E-state index contributed by atoms with van der Waals surface area (Å²) in [6.45, 7) is 3.47. The van der Waals surface area contributed by atoms with E-state index in [4.69, 9.17) is 35.3 Å². The van der Waals surface area contributed by atoms with Crippen molar-refractivity contribution < 1.29 is 40.2 Å². The van der Waals surface area contributed by atoms with Crippen LogP contribution in [0.15, 0.2) is 12.7 Å². The third-order valence-electron chi connectivity index (χ3n) is 0.192. The van der Waals surface area contributed by atoms with Crippen molar-refractivity contribution in [2.24, 2.45) is 0 Å². The Labute approximate surface area is 72.9 Å². The van der Waals surface area contributed by atoms with Gasteiger partial charge in [0.2, 0.25) is 0 Å².